The Bertz CT molecular complexity index is 1140. The molecule has 0 spiro atoms. The number of piperidine rings is 1. The minimum atomic E-state index is -3.69. The number of benzene rings is 2. The third-order valence-corrected chi connectivity index (χ3v) is 8.13. The SMILES string of the molecule is COc1ccc(OC)c(C(C)NC(=O)C2CCN(S(=O)(=O)c3ccc4c(c3)OCCO4)CC2)c1. The number of nitrogens with one attached hydrogen (secondary N) is 1. The summed E-state index contributed by atoms with van der Waals surface area (Å²) in [5.74, 6) is 1.94. The minimum absolute atomic E-state index is 0.103. The molecule has 9 nitrogen and oxygen atoms in total. The molecule has 4 rings (SSSR count). The van der Waals surface area contributed by atoms with Gasteiger partial charge in [-0.1, -0.05) is 0 Å². The number of rotatable bonds is 7. The molecule has 1 atom stereocenters. The van der Waals surface area contributed by atoms with Crippen molar-refractivity contribution in [3.05, 3.63) is 42.0 Å². The highest BCUT2D eigenvalue weighted by molar-refractivity contribution is 7.89. The predicted octanol–water partition coefficient (Wildman–Crippen LogP) is 2.75. The number of hydrogen-bond donors (Lipinski definition) is 1. The van der Waals surface area contributed by atoms with Gasteiger partial charge in [-0.3, -0.25) is 4.79 Å². The van der Waals surface area contributed by atoms with E-state index in [0.717, 1.165) is 5.56 Å². The van der Waals surface area contributed by atoms with Crippen molar-refractivity contribution in [2.24, 2.45) is 5.92 Å². The second-order valence-corrected chi connectivity index (χ2v) is 10.3. The average Bonchev–Trinajstić information content (AvgIpc) is 2.87. The van der Waals surface area contributed by atoms with Gasteiger partial charge in [0.2, 0.25) is 15.9 Å². The molecule has 0 aliphatic carbocycles. The first-order valence-corrected chi connectivity index (χ1v) is 12.7. The molecule has 2 heterocycles. The van der Waals surface area contributed by atoms with Crippen molar-refractivity contribution >= 4 is 15.9 Å². The molecule has 2 aliphatic rings. The Kier molecular flexibility index (Phi) is 7.18. The van der Waals surface area contributed by atoms with E-state index in [-0.39, 0.29) is 35.9 Å². The molecule has 1 amide bonds. The highest BCUT2D eigenvalue weighted by atomic mass is 32.2. The van der Waals surface area contributed by atoms with Crippen molar-refractivity contribution < 1.29 is 32.2 Å². The lowest BCUT2D eigenvalue weighted by molar-refractivity contribution is -0.126. The van der Waals surface area contributed by atoms with Crippen molar-refractivity contribution in [2.75, 3.05) is 40.5 Å². The molecule has 0 bridgehead atoms. The van der Waals surface area contributed by atoms with Crippen LogP contribution in [0, 0.1) is 5.92 Å². The maximum atomic E-state index is 13.1. The Balaban J connectivity index is 1.38. The Morgan fingerprint density at radius 3 is 2.41 bits per heavy atom. The van der Waals surface area contributed by atoms with Gasteiger partial charge in [-0.15, -0.1) is 0 Å². The average molecular weight is 491 g/mol. The third kappa shape index (κ3) is 4.92. The second-order valence-electron chi connectivity index (χ2n) is 8.32. The van der Waals surface area contributed by atoms with Crippen LogP contribution in [0.2, 0.25) is 0 Å². The van der Waals surface area contributed by atoms with Crippen molar-refractivity contribution in [2.45, 2.75) is 30.7 Å². The summed E-state index contributed by atoms with van der Waals surface area (Å²) in [5, 5.41) is 3.04. The van der Waals surface area contributed by atoms with E-state index >= 15 is 0 Å². The number of methoxy groups -OCH3 is 2. The van der Waals surface area contributed by atoms with E-state index in [2.05, 4.69) is 5.32 Å². The minimum Gasteiger partial charge on any atom is -0.497 e. The number of sulfonamides is 1. The highest BCUT2D eigenvalue weighted by Crippen LogP contribution is 2.34. The Morgan fingerprint density at radius 1 is 1.03 bits per heavy atom. The van der Waals surface area contributed by atoms with E-state index in [1.165, 1.54) is 16.4 Å². The molecule has 2 aliphatic heterocycles. The van der Waals surface area contributed by atoms with Gasteiger partial charge in [0.25, 0.3) is 0 Å². The van der Waals surface area contributed by atoms with E-state index < -0.39 is 10.0 Å². The molecule has 1 fully saturated rings. The van der Waals surface area contributed by atoms with E-state index in [9.17, 15) is 13.2 Å². The van der Waals surface area contributed by atoms with Gasteiger partial charge in [0.15, 0.2) is 11.5 Å². The zero-order chi connectivity index (χ0) is 24.3. The van der Waals surface area contributed by atoms with Gasteiger partial charge < -0.3 is 24.3 Å². The number of ether oxygens (including phenoxy) is 4. The van der Waals surface area contributed by atoms with Crippen LogP contribution in [0.15, 0.2) is 41.3 Å². The lowest BCUT2D eigenvalue weighted by Crippen LogP contribution is -2.43. The fourth-order valence-electron chi connectivity index (χ4n) is 4.28. The van der Waals surface area contributed by atoms with Gasteiger partial charge >= 0.3 is 0 Å². The molecule has 1 N–H and O–H groups in total. The predicted molar refractivity (Wildman–Crippen MR) is 125 cm³/mol. The third-order valence-electron chi connectivity index (χ3n) is 6.24. The summed E-state index contributed by atoms with van der Waals surface area (Å²) in [6.45, 7) is 3.25. The van der Waals surface area contributed by atoms with Crippen LogP contribution in [-0.4, -0.2) is 59.2 Å². The number of fused-ring (bicyclic) bond motifs is 1. The molecule has 1 unspecified atom stereocenters. The van der Waals surface area contributed by atoms with Crippen LogP contribution in [0.5, 0.6) is 23.0 Å². The summed E-state index contributed by atoms with van der Waals surface area (Å²) in [4.78, 5) is 13.1. The van der Waals surface area contributed by atoms with E-state index in [1.54, 1.807) is 32.4 Å². The molecule has 2 aromatic rings. The van der Waals surface area contributed by atoms with Crippen molar-refractivity contribution in [1.82, 2.24) is 9.62 Å². The molecule has 2 aromatic carbocycles. The Labute approximate surface area is 200 Å². The second kappa shape index (κ2) is 10.1. The van der Waals surface area contributed by atoms with Crippen LogP contribution in [0.25, 0.3) is 0 Å². The molecule has 10 heteroatoms. The van der Waals surface area contributed by atoms with Gasteiger partial charge in [-0.05, 0) is 50.1 Å². The largest absolute Gasteiger partial charge is 0.497 e. The van der Waals surface area contributed by atoms with E-state index in [0.29, 0.717) is 49.1 Å². The molecular weight excluding hydrogens is 460 g/mol. The zero-order valence-corrected chi connectivity index (χ0v) is 20.4. The van der Waals surface area contributed by atoms with Crippen molar-refractivity contribution in [1.29, 1.82) is 0 Å². The number of nitrogens with zero attached hydrogens (tertiary/aromatic N) is 1. The molecule has 34 heavy (non-hydrogen) atoms. The summed E-state index contributed by atoms with van der Waals surface area (Å²) in [6.07, 6.45) is 0.884. The Morgan fingerprint density at radius 2 is 1.74 bits per heavy atom. The van der Waals surface area contributed by atoms with Crippen LogP contribution in [-0.2, 0) is 14.8 Å². The first kappa shape index (κ1) is 24.2. The Hall–Kier alpha value is -2.98. The monoisotopic (exact) mass is 490 g/mol. The van der Waals surface area contributed by atoms with E-state index in [1.807, 2.05) is 13.0 Å². The summed E-state index contributed by atoms with van der Waals surface area (Å²) >= 11 is 0. The summed E-state index contributed by atoms with van der Waals surface area (Å²) in [5.41, 5.74) is 0.814. The van der Waals surface area contributed by atoms with Crippen LogP contribution in [0.3, 0.4) is 0 Å². The summed E-state index contributed by atoms with van der Waals surface area (Å²) < 4.78 is 49.4. The molecular formula is C24H30N2O7S. The lowest BCUT2D eigenvalue weighted by atomic mass is 9.96. The van der Waals surface area contributed by atoms with E-state index in [4.69, 9.17) is 18.9 Å². The van der Waals surface area contributed by atoms with Crippen LogP contribution >= 0.6 is 0 Å². The quantitative estimate of drug-likeness (QED) is 0.637. The maximum absolute atomic E-state index is 13.1. The summed E-state index contributed by atoms with van der Waals surface area (Å²) in [6, 6.07) is 9.81. The molecule has 1 saturated heterocycles. The number of carbonyl (C=O) groups is 1. The van der Waals surface area contributed by atoms with Crippen molar-refractivity contribution in [3.8, 4) is 23.0 Å². The number of carbonyl (C=O) groups excluding carboxylic acids is 1. The lowest BCUT2D eigenvalue weighted by Gasteiger charge is -2.31. The fourth-order valence-corrected chi connectivity index (χ4v) is 5.76. The molecule has 184 valence electrons. The smallest absolute Gasteiger partial charge is 0.243 e. The normalized spacial score (nSPS) is 17.6. The van der Waals surface area contributed by atoms with Gasteiger partial charge in [0, 0.05) is 30.6 Å². The first-order valence-electron chi connectivity index (χ1n) is 11.3. The maximum Gasteiger partial charge on any atom is 0.243 e. The summed E-state index contributed by atoms with van der Waals surface area (Å²) in [7, 11) is -0.526. The first-order chi connectivity index (χ1) is 16.3. The van der Waals surface area contributed by atoms with Crippen LogP contribution in [0.1, 0.15) is 31.4 Å². The molecule has 0 radical (unpaired) electrons. The van der Waals surface area contributed by atoms with Gasteiger partial charge in [0.05, 0.1) is 25.2 Å². The van der Waals surface area contributed by atoms with Gasteiger partial charge in [0.1, 0.15) is 24.7 Å². The topological polar surface area (TPSA) is 103 Å². The highest BCUT2D eigenvalue weighted by Gasteiger charge is 2.33. The molecule has 0 aromatic heterocycles. The standard InChI is InChI=1S/C24H30N2O7S/c1-16(20-14-18(30-2)4-6-21(20)31-3)25-24(27)17-8-10-26(11-9-17)34(28,29)19-5-7-22-23(15-19)33-13-12-32-22/h4-7,14-17H,8-13H2,1-3H3,(H,25,27). The fraction of sp³-hybridized carbons (Fsp3) is 0.458. The number of amides is 1. The van der Waals surface area contributed by atoms with Crippen molar-refractivity contribution in [3.63, 3.8) is 0 Å². The van der Waals surface area contributed by atoms with Gasteiger partial charge in [-0.2, -0.15) is 4.31 Å². The number of hydrogen-bond acceptors (Lipinski definition) is 7. The molecule has 0 saturated carbocycles. The zero-order valence-electron chi connectivity index (χ0n) is 19.6. The van der Waals surface area contributed by atoms with Crippen LogP contribution < -0.4 is 24.3 Å². The van der Waals surface area contributed by atoms with Gasteiger partial charge in [-0.25, -0.2) is 8.42 Å². The van der Waals surface area contributed by atoms with Crippen LogP contribution in [0.4, 0.5) is 0 Å².